The zero-order valence-corrected chi connectivity index (χ0v) is 24.3. The molecule has 0 spiro atoms. The van der Waals surface area contributed by atoms with Gasteiger partial charge in [0.2, 0.25) is 0 Å². The number of pyridine rings is 1. The Balaban J connectivity index is 1.31. The van der Waals surface area contributed by atoms with Crippen LogP contribution in [-0.4, -0.2) is 28.3 Å². The number of amides is 1. The summed E-state index contributed by atoms with van der Waals surface area (Å²) in [6.07, 6.45) is 6.51. The van der Waals surface area contributed by atoms with Crippen molar-refractivity contribution in [2.75, 3.05) is 12.3 Å². The molecule has 9 heteroatoms. The number of nitrogens with one attached hydrogen (secondary N) is 1. The van der Waals surface area contributed by atoms with Gasteiger partial charge in [0.25, 0.3) is 5.91 Å². The fraction of sp³-hybridized carbons (Fsp3) is 0.182. The number of hydrogen-bond donors (Lipinski definition) is 3. The lowest BCUT2D eigenvalue weighted by atomic mass is 10.0. The summed E-state index contributed by atoms with van der Waals surface area (Å²) in [5.41, 5.74) is 18.9. The van der Waals surface area contributed by atoms with Gasteiger partial charge < -0.3 is 11.5 Å². The standard InChI is InChI=1S/C33H34N6O2S/c1-2-14-39(41-22-24-8-12-29(34)13-9-24)33(40)27-15-26-11-10-25(17-31(26)38-32(35)18-27)28-16-30(21-36-20-28)42-37-19-23-6-4-3-5-7-23/h3-13,15-17,20-21,37H,2,14,18-19,22,34H2,1H3,(H2,35,38). The number of nitrogen functional groups attached to an aromatic ring is 1. The normalized spacial score (nSPS) is 12.6. The lowest BCUT2D eigenvalue weighted by Crippen LogP contribution is -2.34. The number of rotatable bonds is 11. The minimum atomic E-state index is -0.223. The molecule has 1 aliphatic heterocycles. The monoisotopic (exact) mass is 578 g/mol. The molecular weight excluding hydrogens is 544 g/mol. The summed E-state index contributed by atoms with van der Waals surface area (Å²) < 4.78 is 3.39. The van der Waals surface area contributed by atoms with E-state index in [9.17, 15) is 4.79 Å². The van der Waals surface area contributed by atoms with Gasteiger partial charge in [-0.1, -0.05) is 61.5 Å². The van der Waals surface area contributed by atoms with Crippen LogP contribution in [0.15, 0.2) is 107 Å². The molecule has 0 atom stereocenters. The number of hydrogen-bond acceptors (Lipinski definition) is 8. The third-order valence-electron chi connectivity index (χ3n) is 6.65. The molecule has 0 bridgehead atoms. The van der Waals surface area contributed by atoms with Crippen LogP contribution in [0.5, 0.6) is 0 Å². The number of aliphatic imine (C=N–C) groups is 1. The van der Waals surface area contributed by atoms with Crippen LogP contribution in [0, 0.1) is 0 Å². The SMILES string of the molecule is CCCN(OCc1ccc(N)cc1)C(=O)C1=Cc2ccc(-c3cncc(SNCc4ccccc4)c3)cc2N=C(N)C1. The third kappa shape index (κ3) is 7.64. The highest BCUT2D eigenvalue weighted by Gasteiger charge is 2.22. The minimum Gasteiger partial charge on any atom is -0.399 e. The second kappa shape index (κ2) is 14.0. The second-order valence-electron chi connectivity index (χ2n) is 9.96. The summed E-state index contributed by atoms with van der Waals surface area (Å²) in [5, 5.41) is 1.41. The van der Waals surface area contributed by atoms with Gasteiger partial charge in [-0.2, -0.15) is 0 Å². The van der Waals surface area contributed by atoms with Gasteiger partial charge in [-0.05, 0) is 65.4 Å². The molecule has 0 unspecified atom stereocenters. The molecule has 5 N–H and O–H groups in total. The first-order valence-corrected chi connectivity index (χ1v) is 14.7. The Hall–Kier alpha value is -4.44. The van der Waals surface area contributed by atoms with Crippen molar-refractivity contribution in [1.29, 1.82) is 0 Å². The largest absolute Gasteiger partial charge is 0.399 e. The molecule has 0 saturated heterocycles. The number of carbonyl (C=O) groups is 1. The number of aromatic nitrogens is 1. The maximum absolute atomic E-state index is 13.6. The maximum atomic E-state index is 13.6. The Labute approximate surface area is 250 Å². The summed E-state index contributed by atoms with van der Waals surface area (Å²) in [4.78, 5) is 29.6. The number of anilines is 1. The first-order chi connectivity index (χ1) is 20.5. The zero-order valence-electron chi connectivity index (χ0n) is 23.5. The number of nitrogens with zero attached hydrogens (tertiary/aromatic N) is 3. The van der Waals surface area contributed by atoms with E-state index in [1.807, 2.05) is 86.1 Å². The Morgan fingerprint density at radius 2 is 1.79 bits per heavy atom. The second-order valence-corrected chi connectivity index (χ2v) is 10.9. The van der Waals surface area contributed by atoms with E-state index in [1.54, 1.807) is 11.9 Å². The highest BCUT2D eigenvalue weighted by Crippen LogP contribution is 2.33. The molecule has 0 saturated carbocycles. The quantitative estimate of drug-likeness (QED) is 0.109. The highest BCUT2D eigenvalue weighted by atomic mass is 32.2. The molecular formula is C33H34N6O2S. The summed E-state index contributed by atoms with van der Waals surface area (Å²) in [7, 11) is 0. The van der Waals surface area contributed by atoms with Crippen molar-refractivity contribution in [2.45, 2.75) is 37.8 Å². The first-order valence-electron chi connectivity index (χ1n) is 13.8. The predicted octanol–water partition coefficient (Wildman–Crippen LogP) is 6.27. The van der Waals surface area contributed by atoms with Crippen molar-refractivity contribution in [1.82, 2.24) is 14.8 Å². The van der Waals surface area contributed by atoms with Crippen LogP contribution < -0.4 is 16.2 Å². The molecule has 8 nitrogen and oxygen atoms in total. The van der Waals surface area contributed by atoms with Crippen molar-refractivity contribution in [2.24, 2.45) is 10.7 Å². The van der Waals surface area contributed by atoms with Crippen molar-refractivity contribution >= 4 is 41.1 Å². The molecule has 214 valence electrons. The maximum Gasteiger partial charge on any atom is 0.273 e. The van der Waals surface area contributed by atoms with Crippen LogP contribution in [0.1, 0.15) is 36.5 Å². The molecule has 1 aliphatic rings. The van der Waals surface area contributed by atoms with Gasteiger partial charge in [0.15, 0.2) is 0 Å². The Morgan fingerprint density at radius 3 is 2.57 bits per heavy atom. The van der Waals surface area contributed by atoms with Crippen LogP contribution in [0.2, 0.25) is 0 Å². The average Bonchev–Trinajstić information content (AvgIpc) is 3.18. The van der Waals surface area contributed by atoms with Gasteiger partial charge in [0.05, 0.1) is 5.69 Å². The van der Waals surface area contributed by atoms with E-state index >= 15 is 0 Å². The number of amidine groups is 1. The van der Waals surface area contributed by atoms with Gasteiger partial charge in [0.1, 0.15) is 12.4 Å². The van der Waals surface area contributed by atoms with Gasteiger partial charge in [-0.3, -0.25) is 19.3 Å². The van der Waals surface area contributed by atoms with E-state index in [0.29, 0.717) is 29.3 Å². The van der Waals surface area contributed by atoms with Crippen molar-refractivity contribution in [3.8, 4) is 11.1 Å². The van der Waals surface area contributed by atoms with E-state index in [1.165, 1.54) is 10.6 Å². The van der Waals surface area contributed by atoms with Gasteiger partial charge in [-0.25, -0.2) is 10.1 Å². The van der Waals surface area contributed by atoms with Gasteiger partial charge in [-0.15, -0.1) is 0 Å². The first kappa shape index (κ1) is 29.1. The summed E-state index contributed by atoms with van der Waals surface area (Å²) in [5.74, 6) is 0.146. The molecule has 3 aromatic carbocycles. The topological polar surface area (TPSA) is 119 Å². The summed E-state index contributed by atoms with van der Waals surface area (Å²) in [6.45, 7) is 3.46. The Bertz CT molecular complexity index is 1590. The van der Waals surface area contributed by atoms with Crippen LogP contribution in [-0.2, 0) is 22.8 Å². The molecule has 1 aromatic heterocycles. The molecule has 42 heavy (non-hydrogen) atoms. The summed E-state index contributed by atoms with van der Waals surface area (Å²) in [6, 6.07) is 25.7. The number of benzene rings is 3. The smallest absolute Gasteiger partial charge is 0.273 e. The fourth-order valence-corrected chi connectivity index (χ4v) is 5.20. The molecule has 1 amide bonds. The number of nitrogens with two attached hydrogens (primary N) is 2. The molecule has 0 aliphatic carbocycles. The Morgan fingerprint density at radius 1 is 0.976 bits per heavy atom. The lowest BCUT2D eigenvalue weighted by molar-refractivity contribution is -0.187. The van der Waals surface area contributed by atoms with E-state index < -0.39 is 0 Å². The number of hydroxylamine groups is 2. The van der Waals surface area contributed by atoms with E-state index in [2.05, 4.69) is 32.9 Å². The third-order valence-corrected chi connectivity index (χ3v) is 7.39. The van der Waals surface area contributed by atoms with Crippen LogP contribution in [0.25, 0.3) is 17.2 Å². The van der Waals surface area contributed by atoms with E-state index in [0.717, 1.165) is 40.1 Å². The minimum absolute atomic E-state index is 0.223. The summed E-state index contributed by atoms with van der Waals surface area (Å²) >= 11 is 1.54. The van der Waals surface area contributed by atoms with Crippen molar-refractivity contribution in [3.63, 3.8) is 0 Å². The predicted molar refractivity (Wildman–Crippen MR) is 170 cm³/mol. The van der Waals surface area contributed by atoms with Crippen LogP contribution in [0.3, 0.4) is 0 Å². The Kier molecular flexibility index (Phi) is 9.66. The van der Waals surface area contributed by atoms with Crippen LogP contribution >= 0.6 is 11.9 Å². The van der Waals surface area contributed by atoms with Gasteiger partial charge >= 0.3 is 0 Å². The van der Waals surface area contributed by atoms with Crippen molar-refractivity contribution < 1.29 is 9.63 Å². The molecule has 0 fully saturated rings. The van der Waals surface area contributed by atoms with E-state index in [4.69, 9.17) is 16.3 Å². The van der Waals surface area contributed by atoms with Crippen molar-refractivity contribution in [3.05, 3.63) is 114 Å². The molecule has 0 radical (unpaired) electrons. The van der Waals surface area contributed by atoms with Crippen LogP contribution in [0.4, 0.5) is 11.4 Å². The number of carbonyl (C=O) groups excluding carboxylic acids is 1. The average molecular weight is 579 g/mol. The zero-order chi connectivity index (χ0) is 29.3. The fourth-order valence-electron chi connectivity index (χ4n) is 4.49. The highest BCUT2D eigenvalue weighted by molar-refractivity contribution is 7.97. The molecule has 2 heterocycles. The molecule has 5 rings (SSSR count). The number of fused-ring (bicyclic) bond motifs is 1. The van der Waals surface area contributed by atoms with Gasteiger partial charge in [0, 0.05) is 59.2 Å². The lowest BCUT2D eigenvalue weighted by Gasteiger charge is -2.22. The molecule has 4 aromatic rings. The van der Waals surface area contributed by atoms with E-state index in [-0.39, 0.29) is 18.9 Å².